The molecule has 0 aromatic heterocycles. The Morgan fingerprint density at radius 3 is 2.36 bits per heavy atom. The molecule has 1 fully saturated rings. The van der Waals surface area contributed by atoms with Gasteiger partial charge in [-0.3, -0.25) is 0 Å². The first-order valence-electron chi connectivity index (χ1n) is 4.82. The maximum absolute atomic E-state index is 5.12. The Morgan fingerprint density at radius 1 is 1.27 bits per heavy atom. The molecule has 0 heterocycles. The van der Waals surface area contributed by atoms with Crippen molar-refractivity contribution in [3.8, 4) is 0 Å². The third-order valence-electron chi connectivity index (χ3n) is 3.03. The highest BCUT2D eigenvalue weighted by atomic mass is 16.5. The van der Waals surface area contributed by atoms with E-state index in [2.05, 4.69) is 6.92 Å². The summed E-state index contributed by atoms with van der Waals surface area (Å²) in [5.74, 6) is 0. The number of hydrogen-bond acceptors (Lipinski definition) is 1. The standard InChI is InChI=1S/C10H20O/c1-3-5-10(6-4-7-10)8-9-11-2/h3-9H2,1-2H3. The lowest BCUT2D eigenvalue weighted by molar-refractivity contribution is 0.0607. The van der Waals surface area contributed by atoms with Crippen LogP contribution in [0, 0.1) is 5.41 Å². The predicted octanol–water partition coefficient (Wildman–Crippen LogP) is 2.99. The maximum atomic E-state index is 5.12. The molecule has 1 aliphatic rings. The van der Waals surface area contributed by atoms with E-state index in [4.69, 9.17) is 4.74 Å². The fourth-order valence-corrected chi connectivity index (χ4v) is 2.15. The van der Waals surface area contributed by atoms with Gasteiger partial charge in [0, 0.05) is 13.7 Å². The highest BCUT2D eigenvalue weighted by Gasteiger charge is 2.34. The quantitative estimate of drug-likeness (QED) is 0.594. The first-order chi connectivity index (χ1) is 5.33. The van der Waals surface area contributed by atoms with Gasteiger partial charge in [0.15, 0.2) is 0 Å². The van der Waals surface area contributed by atoms with Gasteiger partial charge in [-0.1, -0.05) is 19.8 Å². The third-order valence-corrected chi connectivity index (χ3v) is 3.03. The molecule has 0 atom stereocenters. The van der Waals surface area contributed by atoms with Crippen LogP contribution in [-0.4, -0.2) is 13.7 Å². The molecule has 0 amide bonds. The summed E-state index contributed by atoms with van der Waals surface area (Å²) < 4.78 is 5.12. The first kappa shape index (κ1) is 9.05. The maximum Gasteiger partial charge on any atom is 0.0467 e. The molecule has 1 rings (SSSR count). The van der Waals surface area contributed by atoms with E-state index in [1.54, 1.807) is 7.11 Å². The van der Waals surface area contributed by atoms with E-state index < -0.39 is 0 Å². The van der Waals surface area contributed by atoms with Gasteiger partial charge in [-0.25, -0.2) is 0 Å². The Hall–Kier alpha value is -0.0400. The van der Waals surface area contributed by atoms with E-state index in [0.29, 0.717) is 5.41 Å². The van der Waals surface area contributed by atoms with Crippen molar-refractivity contribution >= 4 is 0 Å². The first-order valence-corrected chi connectivity index (χ1v) is 4.82. The van der Waals surface area contributed by atoms with Crippen LogP contribution in [0.1, 0.15) is 45.4 Å². The van der Waals surface area contributed by atoms with Crippen LogP contribution in [-0.2, 0) is 4.74 Å². The van der Waals surface area contributed by atoms with Crippen LogP contribution in [0.4, 0.5) is 0 Å². The van der Waals surface area contributed by atoms with E-state index in [1.807, 2.05) is 0 Å². The van der Waals surface area contributed by atoms with Gasteiger partial charge in [0.05, 0.1) is 0 Å². The highest BCUT2D eigenvalue weighted by molar-refractivity contribution is 4.86. The Bertz CT molecular complexity index is 105. The second-order valence-corrected chi connectivity index (χ2v) is 3.85. The molecule has 0 bridgehead atoms. The van der Waals surface area contributed by atoms with Crippen molar-refractivity contribution in [2.45, 2.75) is 45.4 Å². The van der Waals surface area contributed by atoms with Crippen molar-refractivity contribution in [2.24, 2.45) is 5.41 Å². The molecular weight excluding hydrogens is 136 g/mol. The molecule has 1 nitrogen and oxygen atoms in total. The highest BCUT2D eigenvalue weighted by Crippen LogP contribution is 2.47. The van der Waals surface area contributed by atoms with E-state index >= 15 is 0 Å². The molecule has 0 saturated heterocycles. The van der Waals surface area contributed by atoms with Gasteiger partial charge in [-0.05, 0) is 31.1 Å². The fraction of sp³-hybridized carbons (Fsp3) is 1.00. The molecule has 0 aromatic carbocycles. The second-order valence-electron chi connectivity index (χ2n) is 3.85. The summed E-state index contributed by atoms with van der Waals surface area (Å²) in [6, 6.07) is 0. The van der Waals surface area contributed by atoms with E-state index in [0.717, 1.165) is 6.61 Å². The Morgan fingerprint density at radius 2 is 2.00 bits per heavy atom. The van der Waals surface area contributed by atoms with Gasteiger partial charge >= 0.3 is 0 Å². The molecule has 1 saturated carbocycles. The number of ether oxygens (including phenoxy) is 1. The summed E-state index contributed by atoms with van der Waals surface area (Å²) in [5.41, 5.74) is 0.699. The van der Waals surface area contributed by atoms with E-state index in [-0.39, 0.29) is 0 Å². The minimum atomic E-state index is 0.699. The zero-order chi connectivity index (χ0) is 8.16. The molecule has 1 heteroatoms. The average Bonchev–Trinajstić information content (AvgIpc) is 1.95. The van der Waals surface area contributed by atoms with Crippen LogP contribution in [0.5, 0.6) is 0 Å². The van der Waals surface area contributed by atoms with Crippen LogP contribution in [0.15, 0.2) is 0 Å². The SMILES string of the molecule is CCCC1(CCOC)CCC1. The molecule has 11 heavy (non-hydrogen) atoms. The van der Waals surface area contributed by atoms with Crippen molar-refractivity contribution in [1.82, 2.24) is 0 Å². The smallest absolute Gasteiger partial charge is 0.0467 e. The lowest BCUT2D eigenvalue weighted by atomic mass is 9.64. The molecule has 1 aliphatic carbocycles. The molecule has 66 valence electrons. The Labute approximate surface area is 70.1 Å². The summed E-state index contributed by atoms with van der Waals surface area (Å²) in [7, 11) is 1.80. The molecule has 0 radical (unpaired) electrons. The van der Waals surface area contributed by atoms with Crippen LogP contribution < -0.4 is 0 Å². The zero-order valence-electron chi connectivity index (χ0n) is 7.86. The van der Waals surface area contributed by atoms with Crippen LogP contribution in [0.25, 0.3) is 0 Å². The average molecular weight is 156 g/mol. The van der Waals surface area contributed by atoms with E-state index in [1.165, 1.54) is 38.5 Å². The van der Waals surface area contributed by atoms with Crippen molar-refractivity contribution in [1.29, 1.82) is 0 Å². The van der Waals surface area contributed by atoms with Gasteiger partial charge in [0.2, 0.25) is 0 Å². The molecule has 0 spiro atoms. The molecule has 0 aromatic rings. The normalized spacial score (nSPS) is 21.3. The monoisotopic (exact) mass is 156 g/mol. The fourth-order valence-electron chi connectivity index (χ4n) is 2.15. The minimum Gasteiger partial charge on any atom is -0.385 e. The van der Waals surface area contributed by atoms with Gasteiger partial charge in [-0.2, -0.15) is 0 Å². The van der Waals surface area contributed by atoms with Crippen LogP contribution >= 0.6 is 0 Å². The summed E-state index contributed by atoms with van der Waals surface area (Å²) in [6.45, 7) is 3.24. The summed E-state index contributed by atoms with van der Waals surface area (Å²) >= 11 is 0. The van der Waals surface area contributed by atoms with Gasteiger partial charge in [0.25, 0.3) is 0 Å². The Balaban J connectivity index is 2.22. The molecule has 0 N–H and O–H groups in total. The number of rotatable bonds is 5. The summed E-state index contributed by atoms with van der Waals surface area (Å²) in [4.78, 5) is 0. The van der Waals surface area contributed by atoms with Crippen molar-refractivity contribution in [2.75, 3.05) is 13.7 Å². The van der Waals surface area contributed by atoms with E-state index in [9.17, 15) is 0 Å². The number of hydrogen-bond donors (Lipinski definition) is 0. The summed E-state index contributed by atoms with van der Waals surface area (Å²) in [6.07, 6.45) is 8.38. The Kier molecular flexibility index (Phi) is 3.38. The third kappa shape index (κ3) is 2.19. The zero-order valence-corrected chi connectivity index (χ0v) is 7.86. The topological polar surface area (TPSA) is 9.23 Å². The molecule has 0 unspecified atom stereocenters. The largest absolute Gasteiger partial charge is 0.385 e. The van der Waals surface area contributed by atoms with Gasteiger partial charge in [0.1, 0.15) is 0 Å². The molecular formula is C10H20O. The van der Waals surface area contributed by atoms with Crippen molar-refractivity contribution in [3.63, 3.8) is 0 Å². The summed E-state index contributed by atoms with van der Waals surface area (Å²) in [5, 5.41) is 0. The van der Waals surface area contributed by atoms with Gasteiger partial charge < -0.3 is 4.74 Å². The van der Waals surface area contributed by atoms with Crippen molar-refractivity contribution in [3.05, 3.63) is 0 Å². The van der Waals surface area contributed by atoms with Crippen LogP contribution in [0.3, 0.4) is 0 Å². The van der Waals surface area contributed by atoms with Gasteiger partial charge in [-0.15, -0.1) is 0 Å². The molecule has 0 aliphatic heterocycles. The lowest BCUT2D eigenvalue weighted by Crippen LogP contribution is -2.30. The second kappa shape index (κ2) is 4.10. The van der Waals surface area contributed by atoms with Crippen LogP contribution in [0.2, 0.25) is 0 Å². The minimum absolute atomic E-state index is 0.699. The van der Waals surface area contributed by atoms with Crippen molar-refractivity contribution < 1.29 is 4.74 Å². The lowest BCUT2D eigenvalue weighted by Gasteiger charge is -2.42. The number of methoxy groups -OCH3 is 1. The predicted molar refractivity (Wildman–Crippen MR) is 47.7 cm³/mol.